The van der Waals surface area contributed by atoms with Gasteiger partial charge in [-0.1, -0.05) is 17.2 Å². The first-order valence-corrected chi connectivity index (χ1v) is 10.9. The summed E-state index contributed by atoms with van der Waals surface area (Å²) in [7, 11) is 1.57. The number of halogens is 1. The molecule has 4 rings (SSSR count). The minimum absolute atomic E-state index is 0.254. The fourth-order valence-electron chi connectivity index (χ4n) is 3.72. The molecular formula is C22H23BrN6O3. The lowest BCUT2D eigenvalue weighted by molar-refractivity contribution is -0.113. The number of anilines is 2. The molecule has 1 aromatic heterocycles. The zero-order valence-corrected chi connectivity index (χ0v) is 19.7. The van der Waals surface area contributed by atoms with Crippen molar-refractivity contribution in [1.29, 1.82) is 0 Å². The van der Waals surface area contributed by atoms with Crippen LogP contribution in [0.1, 0.15) is 31.0 Å². The van der Waals surface area contributed by atoms with Crippen molar-refractivity contribution in [2.24, 2.45) is 0 Å². The Balaban J connectivity index is 1.81. The maximum atomic E-state index is 13.5. The van der Waals surface area contributed by atoms with E-state index in [9.17, 15) is 4.79 Å². The summed E-state index contributed by atoms with van der Waals surface area (Å²) >= 11 is 3.57. The summed E-state index contributed by atoms with van der Waals surface area (Å²) in [5, 5.41) is 18.1. The fraction of sp³-hybridized carbons (Fsp3) is 0.273. The molecule has 9 nitrogen and oxygen atoms in total. The molecule has 0 radical (unpaired) electrons. The summed E-state index contributed by atoms with van der Waals surface area (Å²) in [6, 6.07) is 10.8. The molecule has 3 aromatic rings. The molecule has 32 heavy (non-hydrogen) atoms. The van der Waals surface area contributed by atoms with Crippen LogP contribution in [0.15, 0.2) is 52.1 Å². The van der Waals surface area contributed by atoms with E-state index in [4.69, 9.17) is 9.47 Å². The number of nitrogens with one attached hydrogen (secondary N) is 2. The number of allylic oxidation sites excluding steroid dienone is 1. The van der Waals surface area contributed by atoms with Gasteiger partial charge in [-0.2, -0.15) is 4.68 Å². The number of aromatic nitrogens is 4. The molecule has 1 aliphatic rings. The maximum absolute atomic E-state index is 13.5. The van der Waals surface area contributed by atoms with Gasteiger partial charge in [-0.15, -0.1) is 0 Å². The fourth-order valence-corrected chi connectivity index (χ4v) is 4.29. The van der Waals surface area contributed by atoms with Crippen molar-refractivity contribution in [2.75, 3.05) is 24.4 Å². The first kappa shape index (κ1) is 21.8. The van der Waals surface area contributed by atoms with Crippen molar-refractivity contribution < 1.29 is 14.3 Å². The van der Waals surface area contributed by atoms with Crippen molar-refractivity contribution in [2.45, 2.75) is 26.8 Å². The van der Waals surface area contributed by atoms with Crippen LogP contribution in [0.5, 0.6) is 11.5 Å². The minimum Gasteiger partial charge on any atom is -0.493 e. The van der Waals surface area contributed by atoms with Crippen LogP contribution in [0.3, 0.4) is 0 Å². The number of fused-ring (bicyclic) bond motifs is 1. The predicted molar refractivity (Wildman–Crippen MR) is 124 cm³/mol. The van der Waals surface area contributed by atoms with E-state index in [0.29, 0.717) is 45.5 Å². The lowest BCUT2D eigenvalue weighted by Gasteiger charge is -2.28. The molecule has 10 heteroatoms. The first-order chi connectivity index (χ1) is 15.4. The molecule has 0 aliphatic carbocycles. The monoisotopic (exact) mass is 498 g/mol. The molecule has 2 aromatic carbocycles. The van der Waals surface area contributed by atoms with Gasteiger partial charge in [0.15, 0.2) is 11.5 Å². The summed E-state index contributed by atoms with van der Waals surface area (Å²) in [6.45, 7) is 6.20. The van der Waals surface area contributed by atoms with Gasteiger partial charge in [0.2, 0.25) is 5.95 Å². The highest BCUT2D eigenvalue weighted by Gasteiger charge is 2.35. The zero-order valence-electron chi connectivity index (χ0n) is 18.1. The van der Waals surface area contributed by atoms with Crippen molar-refractivity contribution in [3.63, 3.8) is 0 Å². The number of ether oxygens (including phenoxy) is 2. The summed E-state index contributed by atoms with van der Waals surface area (Å²) in [5.74, 6) is 1.33. The smallest absolute Gasteiger partial charge is 0.255 e. The Hall–Kier alpha value is -3.40. The highest BCUT2D eigenvalue weighted by Crippen LogP contribution is 2.42. The van der Waals surface area contributed by atoms with E-state index < -0.39 is 6.04 Å². The number of nitrogens with zero attached hydrogens (tertiary/aromatic N) is 4. The Morgan fingerprint density at radius 2 is 2.09 bits per heavy atom. The van der Waals surface area contributed by atoms with Crippen molar-refractivity contribution >= 4 is 33.5 Å². The van der Waals surface area contributed by atoms with E-state index in [1.165, 1.54) is 0 Å². The quantitative estimate of drug-likeness (QED) is 0.527. The molecule has 166 valence electrons. The Kier molecular flexibility index (Phi) is 6.13. The second kappa shape index (κ2) is 8.99. The van der Waals surface area contributed by atoms with Crippen molar-refractivity contribution in [1.82, 2.24) is 20.2 Å². The average molecular weight is 499 g/mol. The molecule has 0 bridgehead atoms. The molecule has 0 fully saturated rings. The number of carbonyl (C=O) groups is 1. The molecule has 1 amide bonds. The van der Waals surface area contributed by atoms with Crippen LogP contribution in [0.4, 0.5) is 11.6 Å². The molecule has 0 saturated heterocycles. The van der Waals surface area contributed by atoms with Gasteiger partial charge in [-0.3, -0.25) is 4.79 Å². The minimum atomic E-state index is -0.577. The third-order valence-corrected chi connectivity index (χ3v) is 5.68. The average Bonchev–Trinajstić information content (AvgIpc) is 3.22. The van der Waals surface area contributed by atoms with Gasteiger partial charge in [0.05, 0.1) is 23.8 Å². The van der Waals surface area contributed by atoms with Crippen LogP contribution in [0.25, 0.3) is 0 Å². The van der Waals surface area contributed by atoms with Gasteiger partial charge in [0, 0.05) is 11.4 Å². The predicted octanol–water partition coefficient (Wildman–Crippen LogP) is 4.08. The lowest BCUT2D eigenvalue weighted by atomic mass is 9.94. The van der Waals surface area contributed by atoms with E-state index >= 15 is 0 Å². The Labute approximate surface area is 193 Å². The number of rotatable bonds is 6. The van der Waals surface area contributed by atoms with Gasteiger partial charge in [0.25, 0.3) is 5.91 Å². The standard InChI is InChI=1S/C22H23BrN6O3/c1-5-32-20-16(23)10-14(11-17(20)31-4)19-18(13(3)24-22-26-27-28-29(19)22)21(30)25-15-8-6-7-12(2)9-15/h6-11,19H,5H2,1-4H3,(H,25,30)(H,24,26,28). The van der Waals surface area contributed by atoms with E-state index in [-0.39, 0.29) is 5.91 Å². The largest absolute Gasteiger partial charge is 0.493 e. The van der Waals surface area contributed by atoms with Crippen LogP contribution < -0.4 is 20.1 Å². The number of aryl methyl sites for hydroxylation is 1. The molecule has 2 N–H and O–H groups in total. The number of hydrogen-bond donors (Lipinski definition) is 2. The van der Waals surface area contributed by atoms with E-state index in [0.717, 1.165) is 11.1 Å². The van der Waals surface area contributed by atoms with Gasteiger partial charge in [-0.25, -0.2) is 0 Å². The summed E-state index contributed by atoms with van der Waals surface area (Å²) in [6.07, 6.45) is 0. The van der Waals surface area contributed by atoms with Crippen LogP contribution in [-0.4, -0.2) is 39.8 Å². The number of methoxy groups -OCH3 is 1. The van der Waals surface area contributed by atoms with Crippen LogP contribution in [0.2, 0.25) is 0 Å². The van der Waals surface area contributed by atoms with Gasteiger partial charge < -0.3 is 20.1 Å². The van der Waals surface area contributed by atoms with Gasteiger partial charge in [-0.05, 0) is 82.5 Å². The van der Waals surface area contributed by atoms with Crippen LogP contribution in [0, 0.1) is 6.92 Å². The SMILES string of the molecule is CCOc1c(Br)cc(C2C(C(=O)Nc3cccc(C)c3)=C(C)Nc3nnnn32)cc1OC. The topological polar surface area (TPSA) is 103 Å². The molecule has 1 aliphatic heterocycles. The molecule has 0 saturated carbocycles. The second-order valence-corrected chi connectivity index (χ2v) is 8.16. The van der Waals surface area contributed by atoms with E-state index in [1.807, 2.05) is 57.2 Å². The third-order valence-electron chi connectivity index (χ3n) is 5.09. The number of benzene rings is 2. The van der Waals surface area contributed by atoms with Gasteiger partial charge in [0.1, 0.15) is 6.04 Å². The van der Waals surface area contributed by atoms with Crippen LogP contribution in [-0.2, 0) is 4.79 Å². The highest BCUT2D eigenvalue weighted by atomic mass is 79.9. The summed E-state index contributed by atoms with van der Waals surface area (Å²) in [5.41, 5.74) is 3.67. The molecule has 0 spiro atoms. The molecule has 1 unspecified atom stereocenters. The first-order valence-electron chi connectivity index (χ1n) is 10.1. The number of hydrogen-bond acceptors (Lipinski definition) is 7. The third kappa shape index (κ3) is 4.05. The zero-order chi connectivity index (χ0) is 22.8. The normalized spacial score (nSPS) is 15.1. The molecule has 1 atom stereocenters. The lowest BCUT2D eigenvalue weighted by Crippen LogP contribution is -2.31. The summed E-state index contributed by atoms with van der Waals surface area (Å²) in [4.78, 5) is 13.5. The van der Waals surface area contributed by atoms with E-state index in [2.05, 4.69) is 42.1 Å². The van der Waals surface area contributed by atoms with Crippen molar-refractivity contribution in [3.8, 4) is 11.5 Å². The van der Waals surface area contributed by atoms with E-state index in [1.54, 1.807) is 11.8 Å². The Bertz CT molecular complexity index is 1210. The van der Waals surface area contributed by atoms with Crippen LogP contribution >= 0.6 is 15.9 Å². The number of carbonyl (C=O) groups excluding carboxylic acids is 1. The maximum Gasteiger partial charge on any atom is 0.255 e. The van der Waals surface area contributed by atoms with Gasteiger partial charge >= 0.3 is 0 Å². The van der Waals surface area contributed by atoms with Crippen molar-refractivity contribution in [3.05, 3.63) is 63.3 Å². The highest BCUT2D eigenvalue weighted by molar-refractivity contribution is 9.10. The Morgan fingerprint density at radius 3 is 2.81 bits per heavy atom. The Morgan fingerprint density at radius 1 is 1.28 bits per heavy atom. The number of amides is 1. The molecular weight excluding hydrogens is 476 g/mol. The molecule has 2 heterocycles. The number of tetrazole rings is 1. The summed E-state index contributed by atoms with van der Waals surface area (Å²) < 4.78 is 13.6. The second-order valence-electron chi connectivity index (χ2n) is 7.30.